The van der Waals surface area contributed by atoms with E-state index in [9.17, 15) is 0 Å². The summed E-state index contributed by atoms with van der Waals surface area (Å²) in [5.41, 5.74) is 4.65. The second kappa shape index (κ2) is 5.45. The van der Waals surface area contributed by atoms with Crippen molar-refractivity contribution in [1.29, 1.82) is 0 Å². The minimum Gasteiger partial charge on any atom is -0.256 e. The summed E-state index contributed by atoms with van der Waals surface area (Å²) in [4.78, 5) is 4.58. The van der Waals surface area contributed by atoms with Gasteiger partial charge in [-0.25, -0.2) is 0 Å². The molecule has 0 aliphatic carbocycles. The van der Waals surface area contributed by atoms with Crippen molar-refractivity contribution in [2.24, 2.45) is 0 Å². The van der Waals surface area contributed by atoms with Crippen LogP contribution in [0.5, 0.6) is 0 Å². The average Bonchev–Trinajstić information content (AvgIpc) is 2.62. The maximum absolute atomic E-state index is 4.58. The number of fused-ring (bicyclic) bond motifs is 1. The van der Waals surface area contributed by atoms with E-state index in [0.717, 1.165) is 11.3 Å². The van der Waals surface area contributed by atoms with Gasteiger partial charge in [-0.2, -0.15) is 0 Å². The quantitative estimate of drug-likeness (QED) is 0.468. The topological polar surface area (TPSA) is 12.9 Å². The highest BCUT2D eigenvalue weighted by Crippen LogP contribution is 2.28. The van der Waals surface area contributed by atoms with Crippen LogP contribution < -0.4 is 0 Å². The minimum absolute atomic E-state index is 1.04. The first-order valence-corrected chi connectivity index (χ1v) is 7.41. The Labute approximate surface area is 129 Å². The molecule has 0 bridgehead atoms. The number of hydrogen-bond acceptors (Lipinski definition) is 1. The molecule has 0 aliphatic heterocycles. The van der Waals surface area contributed by atoms with Gasteiger partial charge in [0.2, 0.25) is 0 Å². The van der Waals surface area contributed by atoms with Crippen LogP contribution in [0, 0.1) is 0 Å². The maximum Gasteiger partial charge on any atom is 0.0780 e. The molecule has 22 heavy (non-hydrogen) atoms. The molecule has 0 radical (unpaired) electrons. The highest BCUT2D eigenvalue weighted by molar-refractivity contribution is 5.94. The molecule has 1 aromatic heterocycles. The van der Waals surface area contributed by atoms with Crippen molar-refractivity contribution in [3.05, 3.63) is 91.1 Å². The van der Waals surface area contributed by atoms with Crippen molar-refractivity contribution >= 4 is 10.8 Å². The zero-order valence-electron chi connectivity index (χ0n) is 12.1. The largest absolute Gasteiger partial charge is 0.256 e. The first-order chi connectivity index (χ1) is 10.9. The second-order valence-corrected chi connectivity index (χ2v) is 5.32. The van der Waals surface area contributed by atoms with Crippen molar-refractivity contribution < 1.29 is 0 Å². The van der Waals surface area contributed by atoms with Gasteiger partial charge >= 0.3 is 0 Å². The van der Waals surface area contributed by atoms with E-state index in [1.54, 1.807) is 0 Å². The van der Waals surface area contributed by atoms with Crippen LogP contribution in [0.2, 0.25) is 0 Å². The van der Waals surface area contributed by atoms with Crippen molar-refractivity contribution in [2.75, 3.05) is 0 Å². The molecule has 0 spiro atoms. The van der Waals surface area contributed by atoms with E-state index in [2.05, 4.69) is 83.8 Å². The summed E-state index contributed by atoms with van der Waals surface area (Å²) in [7, 11) is 0. The molecule has 104 valence electrons. The third kappa shape index (κ3) is 2.27. The third-order valence-electron chi connectivity index (χ3n) is 3.94. The second-order valence-electron chi connectivity index (χ2n) is 5.32. The van der Waals surface area contributed by atoms with Gasteiger partial charge in [0.25, 0.3) is 0 Å². The number of nitrogens with zero attached hydrogens (tertiary/aromatic N) is 1. The summed E-state index contributed by atoms with van der Waals surface area (Å²) < 4.78 is 0. The number of benzene rings is 3. The molecule has 1 nitrogen and oxygen atoms in total. The Morgan fingerprint density at radius 3 is 1.95 bits per heavy atom. The van der Waals surface area contributed by atoms with Crippen LogP contribution in [0.3, 0.4) is 0 Å². The molecule has 0 aliphatic rings. The van der Waals surface area contributed by atoms with Crippen molar-refractivity contribution in [3.63, 3.8) is 0 Å². The Morgan fingerprint density at radius 2 is 1.14 bits per heavy atom. The highest BCUT2D eigenvalue weighted by Gasteiger charge is 2.05. The Morgan fingerprint density at radius 1 is 0.500 bits per heavy atom. The van der Waals surface area contributed by atoms with Crippen LogP contribution in [0.15, 0.2) is 91.1 Å². The van der Waals surface area contributed by atoms with E-state index in [1.165, 1.54) is 21.9 Å². The van der Waals surface area contributed by atoms with E-state index >= 15 is 0 Å². The molecule has 0 fully saturated rings. The molecule has 1 heteroatoms. The lowest BCUT2D eigenvalue weighted by Gasteiger charge is -2.07. The van der Waals surface area contributed by atoms with E-state index in [4.69, 9.17) is 0 Å². The average molecular weight is 281 g/mol. The predicted molar refractivity (Wildman–Crippen MR) is 92.6 cm³/mol. The summed E-state index contributed by atoms with van der Waals surface area (Å²) in [6.45, 7) is 0. The predicted octanol–water partition coefficient (Wildman–Crippen LogP) is 5.57. The summed E-state index contributed by atoms with van der Waals surface area (Å²) in [5.74, 6) is 0. The van der Waals surface area contributed by atoms with Crippen LogP contribution in [0.25, 0.3) is 33.2 Å². The van der Waals surface area contributed by atoms with Gasteiger partial charge < -0.3 is 0 Å². The van der Waals surface area contributed by atoms with Crippen LogP contribution in [-0.2, 0) is 0 Å². The van der Waals surface area contributed by atoms with Gasteiger partial charge in [0.1, 0.15) is 0 Å². The summed E-state index contributed by atoms with van der Waals surface area (Å²) in [6, 6.07) is 29.5. The van der Waals surface area contributed by atoms with Gasteiger partial charge in [-0.15, -0.1) is 0 Å². The van der Waals surface area contributed by atoms with Crippen LogP contribution in [-0.4, -0.2) is 4.98 Å². The zero-order valence-corrected chi connectivity index (χ0v) is 12.1. The van der Waals surface area contributed by atoms with Crippen LogP contribution in [0.1, 0.15) is 0 Å². The first-order valence-electron chi connectivity index (χ1n) is 7.41. The molecule has 1 heterocycles. The smallest absolute Gasteiger partial charge is 0.0780 e. The third-order valence-corrected chi connectivity index (χ3v) is 3.94. The maximum atomic E-state index is 4.58. The molecule has 4 rings (SSSR count). The van der Waals surface area contributed by atoms with E-state index in [0.29, 0.717) is 0 Å². The van der Waals surface area contributed by atoms with E-state index < -0.39 is 0 Å². The zero-order chi connectivity index (χ0) is 14.8. The van der Waals surface area contributed by atoms with Crippen LogP contribution in [0.4, 0.5) is 0 Å². The van der Waals surface area contributed by atoms with Gasteiger partial charge in [-0.1, -0.05) is 78.9 Å². The molecule has 0 N–H and O–H groups in total. The lowest BCUT2D eigenvalue weighted by molar-refractivity contribution is 1.36. The fraction of sp³-hybridized carbons (Fsp3) is 0. The minimum atomic E-state index is 1.04. The molecular weight excluding hydrogens is 266 g/mol. The van der Waals surface area contributed by atoms with Crippen LogP contribution >= 0.6 is 0 Å². The summed E-state index contributed by atoms with van der Waals surface area (Å²) in [6.07, 6.45) is 1.88. The number of rotatable bonds is 2. The molecule has 4 aromatic rings. The number of pyridine rings is 1. The van der Waals surface area contributed by atoms with Gasteiger partial charge in [-0.05, 0) is 22.6 Å². The molecule has 0 saturated carbocycles. The fourth-order valence-electron chi connectivity index (χ4n) is 2.80. The SMILES string of the molecule is c1ccc(-c2ccc(-c3nccc4ccccc34)cc2)cc1. The lowest BCUT2D eigenvalue weighted by atomic mass is 10.0. The van der Waals surface area contributed by atoms with Crippen molar-refractivity contribution in [2.45, 2.75) is 0 Å². The first kappa shape index (κ1) is 12.8. The van der Waals surface area contributed by atoms with Crippen molar-refractivity contribution in [3.8, 4) is 22.4 Å². The summed E-state index contributed by atoms with van der Waals surface area (Å²) >= 11 is 0. The number of aromatic nitrogens is 1. The van der Waals surface area contributed by atoms with Gasteiger partial charge in [0, 0.05) is 17.1 Å². The van der Waals surface area contributed by atoms with E-state index in [1.807, 2.05) is 12.3 Å². The standard InChI is InChI=1S/C21H15N/c1-2-6-16(7-3-1)17-10-12-19(13-11-17)21-20-9-5-4-8-18(20)14-15-22-21/h1-15H. The van der Waals surface area contributed by atoms with Gasteiger partial charge in [0.05, 0.1) is 5.69 Å². The molecule has 3 aromatic carbocycles. The van der Waals surface area contributed by atoms with Crippen molar-refractivity contribution in [1.82, 2.24) is 4.98 Å². The molecule has 0 saturated heterocycles. The molecule has 0 amide bonds. The summed E-state index contributed by atoms with van der Waals surface area (Å²) in [5, 5.41) is 2.41. The monoisotopic (exact) mass is 281 g/mol. The van der Waals surface area contributed by atoms with Gasteiger partial charge in [0.15, 0.2) is 0 Å². The Balaban J connectivity index is 1.80. The van der Waals surface area contributed by atoms with Gasteiger partial charge in [-0.3, -0.25) is 4.98 Å². The normalized spacial score (nSPS) is 10.7. The Bertz CT molecular complexity index is 904. The Hall–Kier alpha value is -2.93. The fourth-order valence-corrected chi connectivity index (χ4v) is 2.80. The Kier molecular flexibility index (Phi) is 3.17. The lowest BCUT2D eigenvalue weighted by Crippen LogP contribution is -1.86. The highest BCUT2D eigenvalue weighted by atomic mass is 14.7. The number of hydrogen-bond donors (Lipinski definition) is 0. The molecule has 0 atom stereocenters. The molecule has 0 unspecified atom stereocenters. The molecular formula is C21H15N. The van der Waals surface area contributed by atoms with E-state index in [-0.39, 0.29) is 0 Å².